The number of alkyl carbamates (subject to hydrolysis) is 2. The van der Waals surface area contributed by atoms with E-state index in [2.05, 4.69) is 82.4 Å². The minimum Gasteiger partial charge on any atom is -0.464 e. The number of nitrogens with two attached hydrogens (primary N) is 1. The van der Waals surface area contributed by atoms with E-state index in [4.69, 9.17) is 31.1 Å². The number of aryl methyl sites for hydroxylation is 2. The summed E-state index contributed by atoms with van der Waals surface area (Å²) in [5, 5.41) is 55.6. The number of ether oxygens (including phenoxy) is 2. The molecule has 0 aliphatic rings. The zero-order valence-electron chi connectivity index (χ0n) is 34.1. The Morgan fingerprint density at radius 2 is 1.47 bits per heavy atom. The summed E-state index contributed by atoms with van der Waals surface area (Å²) >= 11 is 7.22. The van der Waals surface area contributed by atoms with E-state index >= 15 is 0 Å². The number of amides is 3. The first-order chi connectivity index (χ1) is 30.6. The van der Waals surface area contributed by atoms with Gasteiger partial charge in [-0.15, -0.1) is 0 Å². The lowest BCUT2D eigenvalue weighted by molar-refractivity contribution is 0.176. The van der Waals surface area contributed by atoms with Gasteiger partial charge in [0.2, 0.25) is 5.82 Å². The van der Waals surface area contributed by atoms with Crippen LogP contribution in [0.4, 0.5) is 28.9 Å². The van der Waals surface area contributed by atoms with Gasteiger partial charge in [-0.3, -0.25) is 31.4 Å². The number of nitrogens with one attached hydrogen (secondary N) is 5. The molecule has 0 aliphatic carbocycles. The number of hydrogen-bond donors (Lipinski definition) is 7. The molecule has 0 aliphatic heterocycles. The lowest BCUT2D eigenvalue weighted by Crippen LogP contribution is -2.36. The summed E-state index contributed by atoms with van der Waals surface area (Å²) < 4.78 is 51.2. The number of rotatable bonds is 14. The molecule has 5 aromatic rings. The van der Waals surface area contributed by atoms with Crippen LogP contribution in [0.1, 0.15) is 55.6 Å². The Hall–Kier alpha value is -6.39. The highest BCUT2D eigenvalue weighted by Gasteiger charge is 2.27. The second kappa shape index (κ2) is 26.3. The maximum absolute atomic E-state index is 13.6. The number of halogens is 4. The number of methoxy groups -OCH3 is 2. The van der Waals surface area contributed by atoms with E-state index in [1.54, 1.807) is 6.26 Å². The minimum atomic E-state index is -1.41. The number of carbonyl (C=O) groups is 3. The highest BCUT2D eigenvalue weighted by atomic mass is 79.9. The molecule has 0 fully saturated rings. The van der Waals surface area contributed by atoms with Gasteiger partial charge in [0, 0.05) is 6.42 Å². The number of carbonyl (C=O) groups excluding carboxylic acids is 2. The number of anilines is 1. The van der Waals surface area contributed by atoms with Crippen molar-refractivity contribution in [3.05, 3.63) is 84.6 Å². The van der Waals surface area contributed by atoms with E-state index < -0.39 is 41.5 Å². The van der Waals surface area contributed by atoms with Gasteiger partial charge >= 0.3 is 24.0 Å². The summed E-state index contributed by atoms with van der Waals surface area (Å²) in [6, 6.07) is 7.65. The van der Waals surface area contributed by atoms with E-state index in [1.807, 2.05) is 0 Å². The van der Waals surface area contributed by atoms with Crippen LogP contribution in [-0.4, -0.2) is 97.6 Å². The van der Waals surface area contributed by atoms with Crippen molar-refractivity contribution in [1.29, 1.82) is 16.2 Å². The van der Waals surface area contributed by atoms with E-state index in [1.165, 1.54) is 44.6 Å². The van der Waals surface area contributed by atoms with Crippen molar-refractivity contribution in [2.45, 2.75) is 51.4 Å². The molecule has 0 bridgehead atoms. The number of unbranched alkanes of at least 4 members (excludes halogenated alkanes) is 3. The van der Waals surface area contributed by atoms with Gasteiger partial charge in [-0.05, 0) is 130 Å². The molecule has 3 heterocycles. The van der Waals surface area contributed by atoms with Crippen LogP contribution in [-0.2, 0) is 22.3 Å². The summed E-state index contributed by atoms with van der Waals surface area (Å²) in [6.07, 6.45) is 3.91. The molecular weight excluding hydrogens is 1000 g/mol. The molecule has 0 atom stereocenters. The first kappa shape index (κ1) is 52.0. The summed E-state index contributed by atoms with van der Waals surface area (Å²) in [5.74, 6) is -2.05. The molecule has 8 N–H and O–H groups in total. The number of thioether (sulfide) groups is 1. The number of aromatic nitrogens is 6. The van der Waals surface area contributed by atoms with Gasteiger partial charge in [0.15, 0.2) is 22.4 Å². The molecule has 28 heteroatoms. The first-order valence-electron chi connectivity index (χ1n) is 18.4. The van der Waals surface area contributed by atoms with Crippen molar-refractivity contribution in [2.75, 3.05) is 31.9 Å². The summed E-state index contributed by atoms with van der Waals surface area (Å²) in [6.45, 7) is 0.517. The number of nitrogens with zero attached hydrogens (tertiary/aromatic N) is 7. The molecule has 2 aromatic carbocycles. The van der Waals surface area contributed by atoms with Crippen molar-refractivity contribution in [2.24, 2.45) is 5.73 Å². The topological polar surface area (TPSA) is 341 Å². The Morgan fingerprint density at radius 1 is 0.859 bits per heavy atom. The summed E-state index contributed by atoms with van der Waals surface area (Å²) in [7, 11) is 2.48. The fraction of sp³-hybridized carbons (Fsp3) is 0.333. The fourth-order valence-electron chi connectivity index (χ4n) is 5.05. The minimum absolute atomic E-state index is 0.0230. The third-order valence-electron chi connectivity index (χ3n) is 8.14. The maximum atomic E-state index is 13.6. The normalized spacial score (nSPS) is 10.4. The predicted octanol–water partition coefficient (Wildman–Crippen LogP) is 6.62. The van der Waals surface area contributed by atoms with Crippen molar-refractivity contribution in [1.82, 2.24) is 41.0 Å². The molecule has 0 spiro atoms. The Labute approximate surface area is 382 Å². The summed E-state index contributed by atoms with van der Waals surface area (Å²) in [4.78, 5) is 45.8. The van der Waals surface area contributed by atoms with Gasteiger partial charge < -0.3 is 20.3 Å². The number of amidine groups is 3. The molecular formula is C36H41Br2F2N13O10S. The Bertz CT molecular complexity index is 2450. The van der Waals surface area contributed by atoms with Crippen LogP contribution in [0.25, 0.3) is 17.2 Å². The van der Waals surface area contributed by atoms with Gasteiger partial charge in [-0.2, -0.15) is 0 Å². The monoisotopic (exact) mass is 1040 g/mol. The average Bonchev–Trinajstić information content (AvgIpc) is 4.03. The molecule has 0 radical (unpaired) electrons. The second-order valence-corrected chi connectivity index (χ2v) is 15.0. The molecule has 0 saturated heterocycles. The van der Waals surface area contributed by atoms with E-state index in [0.29, 0.717) is 67.0 Å². The predicted molar refractivity (Wildman–Crippen MR) is 233 cm³/mol. The van der Waals surface area contributed by atoms with Crippen LogP contribution in [0, 0.1) is 27.9 Å². The van der Waals surface area contributed by atoms with E-state index in [-0.39, 0.29) is 42.8 Å². The molecule has 3 aromatic heterocycles. The Morgan fingerprint density at radius 3 is 2.09 bits per heavy atom. The molecule has 0 unspecified atom stereocenters. The lowest BCUT2D eigenvalue weighted by atomic mass is 10.1. The zero-order valence-corrected chi connectivity index (χ0v) is 38.1. The van der Waals surface area contributed by atoms with Crippen molar-refractivity contribution >= 4 is 84.4 Å². The molecule has 64 heavy (non-hydrogen) atoms. The number of hydrogen-bond acceptors (Lipinski definition) is 19. The van der Waals surface area contributed by atoms with Crippen LogP contribution >= 0.6 is 43.6 Å². The largest absolute Gasteiger partial charge is 0.464 e. The third-order valence-corrected chi connectivity index (χ3v) is 9.87. The SMILES string of the molecule is COC(=O)NC(=N)CCCCCc1nonc1-c1noc(=O)n1-c1ccc(F)c(Br)c1.COC(=O)NC(=N)SC.N=C(c1nonc1CCCCN)N(C(=O)O)c1ccc(F)c(Br)c1. The van der Waals surface area contributed by atoms with Gasteiger partial charge in [-0.25, -0.2) is 46.7 Å². The fourth-order valence-corrected chi connectivity index (χ4v) is 5.97. The van der Waals surface area contributed by atoms with Gasteiger partial charge in [0.05, 0.1) is 34.5 Å². The van der Waals surface area contributed by atoms with E-state index in [9.17, 15) is 33.1 Å². The maximum Gasteiger partial charge on any atom is 0.446 e. The highest BCUT2D eigenvalue weighted by molar-refractivity contribution is 9.10. The Kier molecular flexibility index (Phi) is 21.3. The smallest absolute Gasteiger partial charge is 0.446 e. The molecule has 344 valence electrons. The number of carboxylic acid groups (broad SMARTS) is 1. The molecule has 0 saturated carbocycles. The lowest BCUT2D eigenvalue weighted by Gasteiger charge is -2.19. The molecule has 5 rings (SSSR count). The van der Waals surface area contributed by atoms with Crippen LogP contribution in [0.2, 0.25) is 0 Å². The van der Waals surface area contributed by atoms with Crippen molar-refractivity contribution < 1.29 is 51.5 Å². The van der Waals surface area contributed by atoms with Crippen LogP contribution in [0.3, 0.4) is 0 Å². The Balaban J connectivity index is 0.000000292. The van der Waals surface area contributed by atoms with Crippen LogP contribution in [0.5, 0.6) is 0 Å². The van der Waals surface area contributed by atoms with Gasteiger partial charge in [0.1, 0.15) is 28.9 Å². The average molecular weight is 1050 g/mol. The zero-order chi connectivity index (χ0) is 47.3. The standard InChI is InChI=1S/C18H18BrFN6O5.C14H15BrFN5O3.C4H8N2O2S/c1-29-17(27)22-14(21)6-4-2-3-5-13-15(24-31-23-13)16-25-30-18(28)26(16)10-7-8-12(20)11(19)9-10;15-9-7-8(4-5-10(9)16)21(14(22)23)13(18)12-11(19-24-20-12)3-1-2-6-17;1-8-4(7)6-3(5)9-2/h7-9H,2-6H2,1H3,(H2,21,22,27);4-5,7,18H,1-3,6,17H2,(H,22,23);1-2H3,(H2,5,6,7). The quantitative estimate of drug-likeness (QED) is 0.0349. The molecule has 23 nitrogen and oxygen atoms in total. The van der Waals surface area contributed by atoms with Crippen molar-refractivity contribution in [3.8, 4) is 17.2 Å². The van der Waals surface area contributed by atoms with Crippen LogP contribution in [0.15, 0.2) is 63.9 Å². The number of benzene rings is 2. The van der Waals surface area contributed by atoms with Gasteiger partial charge in [0.25, 0.3) is 0 Å². The van der Waals surface area contributed by atoms with E-state index in [0.717, 1.165) is 35.2 Å². The van der Waals surface area contributed by atoms with Crippen LogP contribution < -0.4 is 27.0 Å². The summed E-state index contributed by atoms with van der Waals surface area (Å²) in [5.41, 5.74) is 6.98. The van der Waals surface area contributed by atoms with Gasteiger partial charge in [-0.1, -0.05) is 33.7 Å². The van der Waals surface area contributed by atoms with Crippen molar-refractivity contribution in [3.63, 3.8) is 0 Å². The first-order valence-corrected chi connectivity index (χ1v) is 21.2. The molecule has 3 amide bonds. The third kappa shape index (κ3) is 15.4. The second-order valence-electron chi connectivity index (χ2n) is 12.4. The highest BCUT2D eigenvalue weighted by Crippen LogP contribution is 2.27.